The molecule has 126 valence electrons. The van der Waals surface area contributed by atoms with Crippen molar-refractivity contribution in [2.75, 3.05) is 0 Å². The molecular formula is C24H25N. The Labute approximate surface area is 149 Å². The predicted octanol–water partition coefficient (Wildman–Crippen LogP) is 4.64. The molecule has 1 aromatic heterocycles. The van der Waals surface area contributed by atoms with Crippen LogP contribution < -0.4 is 10.6 Å². The molecule has 0 aliphatic heterocycles. The van der Waals surface area contributed by atoms with Gasteiger partial charge in [-0.05, 0) is 87.1 Å². The van der Waals surface area contributed by atoms with Crippen molar-refractivity contribution < 1.29 is 0 Å². The van der Waals surface area contributed by atoms with Gasteiger partial charge in [0, 0.05) is 10.8 Å². The molecule has 0 unspecified atom stereocenters. The number of nitrogens with zero attached hydrogens (tertiary/aromatic N) is 1. The Morgan fingerprint density at radius 2 is 1.56 bits per heavy atom. The van der Waals surface area contributed by atoms with Gasteiger partial charge >= 0.3 is 0 Å². The fraction of sp³-hybridized carbons (Fsp3) is 0.375. The van der Waals surface area contributed by atoms with E-state index in [2.05, 4.69) is 56.4 Å². The van der Waals surface area contributed by atoms with Gasteiger partial charge in [-0.25, -0.2) is 4.98 Å². The molecule has 0 N–H and O–H groups in total. The minimum absolute atomic E-state index is 0.707. The van der Waals surface area contributed by atoms with E-state index in [4.69, 9.17) is 4.98 Å². The van der Waals surface area contributed by atoms with Crippen molar-refractivity contribution in [2.45, 2.75) is 57.8 Å². The summed E-state index contributed by atoms with van der Waals surface area (Å²) in [4.78, 5) is 5.22. The Kier molecular flexibility index (Phi) is 3.45. The first-order valence-corrected chi connectivity index (χ1v) is 9.70. The highest BCUT2D eigenvalue weighted by molar-refractivity contribution is 5.69. The third-order valence-electron chi connectivity index (χ3n) is 6.23. The van der Waals surface area contributed by atoms with E-state index in [1.54, 1.807) is 11.1 Å². The molecule has 4 aliphatic carbocycles. The number of aromatic nitrogens is 1. The second-order valence-electron chi connectivity index (χ2n) is 8.05. The highest BCUT2D eigenvalue weighted by atomic mass is 14.7. The number of allylic oxidation sites excluding steroid dienone is 2. The lowest BCUT2D eigenvalue weighted by Crippen LogP contribution is -2.39. The summed E-state index contributed by atoms with van der Waals surface area (Å²) in [5.74, 6) is 1.45. The summed E-state index contributed by atoms with van der Waals surface area (Å²) in [6.45, 7) is 4.39. The zero-order chi connectivity index (χ0) is 17.0. The molecule has 0 spiro atoms. The second kappa shape index (κ2) is 5.69. The fourth-order valence-corrected chi connectivity index (χ4v) is 5.27. The zero-order valence-corrected chi connectivity index (χ0v) is 15.2. The Morgan fingerprint density at radius 3 is 2.28 bits per heavy atom. The fourth-order valence-electron chi connectivity index (χ4n) is 5.27. The van der Waals surface area contributed by atoms with Gasteiger partial charge in [-0.3, -0.25) is 0 Å². The summed E-state index contributed by atoms with van der Waals surface area (Å²) in [6, 6.07) is 6.90. The van der Waals surface area contributed by atoms with Gasteiger partial charge in [0.2, 0.25) is 0 Å². The molecule has 6 rings (SSSR count). The van der Waals surface area contributed by atoms with E-state index < -0.39 is 0 Å². The highest BCUT2D eigenvalue weighted by Gasteiger charge is 2.36. The lowest BCUT2D eigenvalue weighted by Gasteiger charge is -2.39. The number of hydrogen-bond acceptors (Lipinski definition) is 1. The van der Waals surface area contributed by atoms with E-state index in [0.29, 0.717) is 5.92 Å². The molecule has 25 heavy (non-hydrogen) atoms. The van der Waals surface area contributed by atoms with Crippen molar-refractivity contribution in [2.24, 2.45) is 0 Å². The van der Waals surface area contributed by atoms with Crippen molar-refractivity contribution in [1.29, 1.82) is 0 Å². The number of fused-ring (bicyclic) bond motifs is 3. The average Bonchev–Trinajstić information content (AvgIpc) is 2.86. The first-order valence-electron chi connectivity index (χ1n) is 9.70. The van der Waals surface area contributed by atoms with Crippen LogP contribution in [0.5, 0.6) is 0 Å². The lowest BCUT2D eigenvalue weighted by atomic mass is 9.65. The van der Waals surface area contributed by atoms with E-state index in [-0.39, 0.29) is 0 Å². The van der Waals surface area contributed by atoms with Gasteiger partial charge in [0.05, 0.1) is 11.0 Å². The van der Waals surface area contributed by atoms with Crippen LogP contribution in [0.1, 0.15) is 66.2 Å². The molecule has 1 nitrogen and oxygen atoms in total. The SMILES string of the molecule is Cc1cc(C)cc(-c2nc3c(c4c2C2CCC4CC2)=CCC=CC=3)c1. The summed E-state index contributed by atoms with van der Waals surface area (Å²) in [5.41, 5.74) is 8.45. The molecule has 4 aliphatic rings. The van der Waals surface area contributed by atoms with Crippen LogP contribution in [0.2, 0.25) is 0 Å². The van der Waals surface area contributed by atoms with Crippen LogP contribution in [0.3, 0.4) is 0 Å². The monoisotopic (exact) mass is 327 g/mol. The maximum atomic E-state index is 5.22. The topological polar surface area (TPSA) is 12.9 Å². The Bertz CT molecular complexity index is 981. The van der Waals surface area contributed by atoms with Crippen molar-refractivity contribution in [3.8, 4) is 11.3 Å². The average molecular weight is 327 g/mol. The normalized spacial score (nSPS) is 23.3. The van der Waals surface area contributed by atoms with Gasteiger partial charge in [-0.15, -0.1) is 0 Å². The number of benzene rings is 1. The van der Waals surface area contributed by atoms with Crippen LogP contribution in [0.15, 0.2) is 30.4 Å². The molecule has 2 bridgehead atoms. The van der Waals surface area contributed by atoms with Crippen molar-refractivity contribution in [3.63, 3.8) is 0 Å². The first kappa shape index (κ1) is 15.1. The maximum Gasteiger partial charge on any atom is 0.0747 e. The summed E-state index contributed by atoms with van der Waals surface area (Å²) in [7, 11) is 0. The number of aryl methyl sites for hydroxylation is 2. The van der Waals surface area contributed by atoms with Gasteiger partial charge in [0.15, 0.2) is 0 Å². The molecule has 1 fully saturated rings. The molecule has 1 heterocycles. The maximum absolute atomic E-state index is 5.22. The summed E-state index contributed by atoms with van der Waals surface area (Å²) < 4.78 is 0. The summed E-state index contributed by atoms with van der Waals surface area (Å²) in [5, 5.41) is 2.61. The first-order chi connectivity index (χ1) is 12.2. The van der Waals surface area contributed by atoms with Gasteiger partial charge in [-0.2, -0.15) is 0 Å². The number of rotatable bonds is 1. The van der Waals surface area contributed by atoms with Crippen LogP contribution in [0, 0.1) is 13.8 Å². The molecule has 0 atom stereocenters. The largest absolute Gasteiger partial charge is 0.247 e. The lowest BCUT2D eigenvalue weighted by molar-refractivity contribution is 0.356. The molecule has 0 amide bonds. The third kappa shape index (κ3) is 2.40. The Hall–Kier alpha value is -2.15. The van der Waals surface area contributed by atoms with E-state index >= 15 is 0 Å². The molecule has 0 saturated heterocycles. The highest BCUT2D eigenvalue weighted by Crippen LogP contribution is 2.50. The van der Waals surface area contributed by atoms with Crippen molar-refractivity contribution in [1.82, 2.24) is 4.98 Å². The molecule has 1 aromatic carbocycles. The van der Waals surface area contributed by atoms with Crippen molar-refractivity contribution >= 4 is 12.2 Å². The van der Waals surface area contributed by atoms with Gasteiger partial charge in [-0.1, -0.05) is 35.4 Å². The molecule has 1 heteroatoms. The van der Waals surface area contributed by atoms with Crippen molar-refractivity contribution in [3.05, 3.63) is 63.2 Å². The van der Waals surface area contributed by atoms with Crippen LogP contribution in [0.4, 0.5) is 0 Å². The minimum Gasteiger partial charge on any atom is -0.247 e. The van der Waals surface area contributed by atoms with Gasteiger partial charge in [0.1, 0.15) is 0 Å². The van der Waals surface area contributed by atoms with Crippen LogP contribution in [0.25, 0.3) is 23.4 Å². The second-order valence-corrected chi connectivity index (χ2v) is 8.05. The summed E-state index contributed by atoms with van der Waals surface area (Å²) >= 11 is 0. The zero-order valence-electron chi connectivity index (χ0n) is 15.2. The quantitative estimate of drug-likeness (QED) is 0.743. The van der Waals surface area contributed by atoms with Crippen LogP contribution in [-0.4, -0.2) is 4.98 Å². The standard InChI is InChI=1S/C24H25N/c1-15-12-16(2)14-19(13-15)24-23-18-10-8-17(9-11-18)22(23)20-6-4-3-5-7-21(20)25-24/h3,5-7,12-14,17-18H,4,8-11H2,1-2H3. The van der Waals surface area contributed by atoms with Gasteiger partial charge in [0.25, 0.3) is 0 Å². The Morgan fingerprint density at radius 1 is 0.880 bits per heavy atom. The van der Waals surface area contributed by atoms with Gasteiger partial charge < -0.3 is 0 Å². The number of pyridine rings is 1. The van der Waals surface area contributed by atoms with E-state index in [9.17, 15) is 0 Å². The van der Waals surface area contributed by atoms with Crippen LogP contribution >= 0.6 is 0 Å². The van der Waals surface area contributed by atoms with E-state index in [0.717, 1.165) is 12.3 Å². The molecule has 1 saturated carbocycles. The molecule has 2 aromatic rings. The molecule has 0 radical (unpaired) electrons. The summed E-state index contributed by atoms with van der Waals surface area (Å²) in [6.07, 6.45) is 15.5. The number of hydrogen-bond donors (Lipinski definition) is 0. The van der Waals surface area contributed by atoms with Crippen LogP contribution in [-0.2, 0) is 0 Å². The minimum atomic E-state index is 0.707. The predicted molar refractivity (Wildman–Crippen MR) is 105 cm³/mol. The van der Waals surface area contributed by atoms with E-state index in [1.807, 2.05) is 0 Å². The smallest absolute Gasteiger partial charge is 0.0747 e. The third-order valence-corrected chi connectivity index (χ3v) is 6.23. The Balaban J connectivity index is 1.89. The van der Waals surface area contributed by atoms with E-state index in [1.165, 1.54) is 58.6 Å². The molecular weight excluding hydrogens is 302 g/mol.